The van der Waals surface area contributed by atoms with Gasteiger partial charge in [-0.1, -0.05) is 0 Å². The van der Waals surface area contributed by atoms with E-state index in [1.807, 2.05) is 0 Å². The van der Waals surface area contributed by atoms with Gasteiger partial charge in [0.25, 0.3) is 0 Å². The maximum Gasteiger partial charge on any atom is 0.411 e. The number of nitrogens with one attached hydrogen (secondary N) is 2. The van der Waals surface area contributed by atoms with E-state index in [1.165, 1.54) is 6.07 Å². The van der Waals surface area contributed by atoms with E-state index < -0.39 is 11.7 Å². The molecule has 6 nitrogen and oxygen atoms in total. The zero-order chi connectivity index (χ0) is 14.8. The van der Waals surface area contributed by atoms with Crippen LogP contribution in [0.15, 0.2) is 6.07 Å². The first-order chi connectivity index (χ1) is 9.40. The quantitative estimate of drug-likeness (QED) is 0.547. The average molecular weight is 291 g/mol. The van der Waals surface area contributed by atoms with Crippen molar-refractivity contribution in [1.29, 1.82) is 0 Å². The van der Waals surface area contributed by atoms with Gasteiger partial charge in [0.2, 0.25) is 0 Å². The first-order valence-corrected chi connectivity index (χ1v) is 6.17. The lowest BCUT2D eigenvalue weighted by atomic mass is 10.2. The molecular weight excluding hydrogens is 275 g/mol. The Bertz CT molecular complexity index is 476. The number of anilines is 2. The maximum atomic E-state index is 12.9. The number of hydrogen-bond acceptors (Lipinski definition) is 6. The predicted octanol–water partition coefficient (Wildman–Crippen LogP) is 1.81. The molecule has 0 aromatic carbocycles. The van der Waals surface area contributed by atoms with Crippen molar-refractivity contribution in [3.8, 4) is 0 Å². The van der Waals surface area contributed by atoms with Gasteiger partial charge in [-0.3, -0.25) is 0 Å². The summed E-state index contributed by atoms with van der Waals surface area (Å²) in [4.78, 5) is 8.02. The van der Waals surface area contributed by atoms with E-state index in [-0.39, 0.29) is 36.9 Å². The lowest BCUT2D eigenvalue weighted by Crippen LogP contribution is -2.39. The molecule has 1 aliphatic rings. The van der Waals surface area contributed by atoms with Gasteiger partial charge in [-0.05, 0) is 19.8 Å². The number of nitrogen functional groups attached to an aromatic ring is 1. The Morgan fingerprint density at radius 1 is 1.35 bits per heavy atom. The number of rotatable bonds is 6. The number of hydrazine groups is 1. The van der Waals surface area contributed by atoms with Crippen LogP contribution in [0.3, 0.4) is 0 Å². The highest BCUT2D eigenvalue weighted by atomic mass is 19.4. The Morgan fingerprint density at radius 3 is 2.50 bits per heavy atom. The molecule has 1 aliphatic carbocycles. The number of ether oxygens (including phenoxy) is 1. The molecule has 9 heteroatoms. The van der Waals surface area contributed by atoms with Crippen molar-refractivity contribution in [1.82, 2.24) is 9.97 Å². The molecule has 1 aromatic heterocycles. The fraction of sp³-hybridized carbons (Fsp3) is 0.636. The van der Waals surface area contributed by atoms with Crippen molar-refractivity contribution in [3.63, 3.8) is 0 Å². The Balaban J connectivity index is 2.19. The van der Waals surface area contributed by atoms with Gasteiger partial charge in [0.1, 0.15) is 23.8 Å². The molecule has 112 valence electrons. The van der Waals surface area contributed by atoms with Crippen molar-refractivity contribution in [3.05, 3.63) is 11.9 Å². The molecule has 0 spiro atoms. The van der Waals surface area contributed by atoms with Crippen molar-refractivity contribution < 1.29 is 17.9 Å². The van der Waals surface area contributed by atoms with Gasteiger partial charge in [0.15, 0.2) is 5.82 Å². The minimum Gasteiger partial charge on any atom is -0.374 e. The van der Waals surface area contributed by atoms with Gasteiger partial charge in [0, 0.05) is 12.7 Å². The molecule has 20 heavy (non-hydrogen) atoms. The van der Waals surface area contributed by atoms with E-state index in [0.29, 0.717) is 6.61 Å². The second-order valence-electron chi connectivity index (χ2n) is 4.54. The summed E-state index contributed by atoms with van der Waals surface area (Å²) >= 11 is 0. The SMILES string of the molecule is CCOCc1nc(NN)cc(NC2(C(F)(F)F)CC2)n1. The lowest BCUT2D eigenvalue weighted by Gasteiger charge is -2.21. The van der Waals surface area contributed by atoms with Crippen LogP contribution in [0.5, 0.6) is 0 Å². The van der Waals surface area contributed by atoms with Crippen LogP contribution in [0.4, 0.5) is 24.8 Å². The Kier molecular flexibility index (Phi) is 4.00. The Labute approximate surface area is 113 Å². The molecule has 2 rings (SSSR count). The summed E-state index contributed by atoms with van der Waals surface area (Å²) in [6, 6.07) is 1.33. The highest BCUT2D eigenvalue weighted by Gasteiger charge is 2.63. The third kappa shape index (κ3) is 3.10. The van der Waals surface area contributed by atoms with Crippen LogP contribution in [0.1, 0.15) is 25.6 Å². The van der Waals surface area contributed by atoms with Crippen LogP contribution in [-0.2, 0) is 11.3 Å². The van der Waals surface area contributed by atoms with Crippen molar-refractivity contribution in [2.75, 3.05) is 17.3 Å². The monoisotopic (exact) mass is 291 g/mol. The molecule has 0 aliphatic heterocycles. The highest BCUT2D eigenvalue weighted by molar-refractivity contribution is 5.50. The molecule has 0 saturated heterocycles. The third-order valence-electron chi connectivity index (χ3n) is 3.02. The number of halogens is 3. The van der Waals surface area contributed by atoms with E-state index in [0.717, 1.165) is 0 Å². The molecule has 0 unspecified atom stereocenters. The van der Waals surface area contributed by atoms with Crippen LogP contribution in [0.2, 0.25) is 0 Å². The molecule has 0 atom stereocenters. The van der Waals surface area contributed by atoms with Crippen LogP contribution in [0.25, 0.3) is 0 Å². The summed E-state index contributed by atoms with van der Waals surface area (Å²) in [5, 5.41) is 2.43. The highest BCUT2D eigenvalue weighted by Crippen LogP contribution is 2.51. The summed E-state index contributed by atoms with van der Waals surface area (Å²) in [5.41, 5.74) is 0.422. The predicted molar refractivity (Wildman–Crippen MR) is 66.8 cm³/mol. The second kappa shape index (κ2) is 5.41. The fourth-order valence-corrected chi connectivity index (χ4v) is 1.74. The van der Waals surface area contributed by atoms with Gasteiger partial charge >= 0.3 is 6.18 Å². The van der Waals surface area contributed by atoms with Crippen molar-refractivity contribution in [2.45, 2.75) is 38.1 Å². The van der Waals surface area contributed by atoms with Crippen LogP contribution < -0.4 is 16.6 Å². The number of nitrogens with zero attached hydrogens (tertiary/aromatic N) is 2. The smallest absolute Gasteiger partial charge is 0.374 e. The molecule has 1 heterocycles. The van der Waals surface area contributed by atoms with Crippen molar-refractivity contribution >= 4 is 11.6 Å². The molecular formula is C11H16F3N5O. The maximum absolute atomic E-state index is 12.9. The van der Waals surface area contributed by atoms with Gasteiger partial charge in [0.05, 0.1) is 0 Å². The van der Waals surface area contributed by atoms with E-state index in [9.17, 15) is 13.2 Å². The van der Waals surface area contributed by atoms with Crippen LogP contribution in [-0.4, -0.2) is 28.3 Å². The van der Waals surface area contributed by atoms with Gasteiger partial charge in [-0.25, -0.2) is 15.8 Å². The van der Waals surface area contributed by atoms with E-state index in [4.69, 9.17) is 10.6 Å². The Morgan fingerprint density at radius 2 is 2.00 bits per heavy atom. The summed E-state index contributed by atoms with van der Waals surface area (Å²) in [5.74, 6) is 5.83. The molecule has 0 radical (unpaired) electrons. The summed E-state index contributed by atoms with van der Waals surface area (Å²) in [7, 11) is 0. The normalized spacial score (nSPS) is 16.9. The number of alkyl halides is 3. The molecule has 0 amide bonds. The summed E-state index contributed by atoms with van der Waals surface area (Å²) < 4.78 is 43.8. The molecule has 1 saturated carbocycles. The zero-order valence-corrected chi connectivity index (χ0v) is 10.9. The minimum atomic E-state index is -4.31. The standard InChI is InChI=1S/C11H16F3N5O/c1-2-20-6-9-16-7(5-8(17-9)19-15)18-10(3-4-10)11(12,13)14/h5H,2-4,6,15H2,1H3,(H2,16,17,18,19). The number of hydrogen-bond donors (Lipinski definition) is 3. The van der Waals surface area contributed by atoms with Crippen LogP contribution in [0, 0.1) is 0 Å². The summed E-state index contributed by atoms with van der Waals surface area (Å²) in [6.45, 7) is 2.37. The lowest BCUT2D eigenvalue weighted by molar-refractivity contribution is -0.151. The topological polar surface area (TPSA) is 85.1 Å². The first-order valence-electron chi connectivity index (χ1n) is 6.17. The van der Waals surface area contributed by atoms with E-state index in [1.54, 1.807) is 6.92 Å². The summed E-state index contributed by atoms with van der Waals surface area (Å²) in [6.07, 6.45) is -4.24. The number of aromatic nitrogens is 2. The van der Waals surface area contributed by atoms with Gasteiger partial charge in [-0.2, -0.15) is 13.2 Å². The first kappa shape index (κ1) is 14.8. The zero-order valence-electron chi connectivity index (χ0n) is 10.9. The number of nitrogens with two attached hydrogens (primary N) is 1. The average Bonchev–Trinajstić information content (AvgIpc) is 3.16. The van der Waals surface area contributed by atoms with E-state index >= 15 is 0 Å². The van der Waals surface area contributed by atoms with E-state index in [2.05, 4.69) is 20.7 Å². The molecule has 1 aromatic rings. The van der Waals surface area contributed by atoms with Gasteiger partial charge in [-0.15, -0.1) is 0 Å². The van der Waals surface area contributed by atoms with Crippen LogP contribution >= 0.6 is 0 Å². The molecule has 4 N–H and O–H groups in total. The third-order valence-corrected chi connectivity index (χ3v) is 3.02. The minimum absolute atomic E-state index is 0.0344. The fourth-order valence-electron chi connectivity index (χ4n) is 1.74. The van der Waals surface area contributed by atoms with Crippen molar-refractivity contribution in [2.24, 2.45) is 5.84 Å². The van der Waals surface area contributed by atoms with Gasteiger partial charge < -0.3 is 15.5 Å². The second-order valence-corrected chi connectivity index (χ2v) is 4.54. The molecule has 1 fully saturated rings. The largest absolute Gasteiger partial charge is 0.411 e. The molecule has 0 bridgehead atoms. The Hall–Kier alpha value is -1.61.